The Bertz CT molecular complexity index is 546. The van der Waals surface area contributed by atoms with Crippen LogP contribution >= 0.6 is 0 Å². The van der Waals surface area contributed by atoms with Crippen LogP contribution in [0.25, 0.3) is 0 Å². The van der Waals surface area contributed by atoms with Crippen LogP contribution in [0.5, 0.6) is 0 Å². The van der Waals surface area contributed by atoms with Crippen molar-refractivity contribution in [2.75, 3.05) is 45.9 Å². The van der Waals surface area contributed by atoms with Crippen molar-refractivity contribution in [3.8, 4) is 0 Å². The molecule has 1 aromatic rings. The summed E-state index contributed by atoms with van der Waals surface area (Å²) in [5.74, 6) is 0.437. The van der Waals surface area contributed by atoms with E-state index in [0.29, 0.717) is 50.7 Å². The molecule has 24 heavy (non-hydrogen) atoms. The maximum atomic E-state index is 12.3. The van der Waals surface area contributed by atoms with Crippen molar-refractivity contribution in [1.29, 1.82) is 0 Å². The molecule has 0 radical (unpaired) electrons. The van der Waals surface area contributed by atoms with Crippen molar-refractivity contribution in [3.63, 3.8) is 0 Å². The van der Waals surface area contributed by atoms with Gasteiger partial charge in [-0.1, -0.05) is 0 Å². The molecule has 9 heteroatoms. The quantitative estimate of drug-likeness (QED) is 0.731. The third-order valence-corrected chi connectivity index (χ3v) is 3.68. The Labute approximate surface area is 138 Å². The van der Waals surface area contributed by atoms with E-state index in [1.807, 2.05) is 0 Å². The van der Waals surface area contributed by atoms with Gasteiger partial charge in [0.05, 0.1) is 0 Å². The van der Waals surface area contributed by atoms with Gasteiger partial charge in [0.2, 0.25) is 0 Å². The second-order valence-electron chi connectivity index (χ2n) is 5.64. The molecule has 0 bridgehead atoms. The Kier molecular flexibility index (Phi) is 6.50. The first-order valence-electron chi connectivity index (χ1n) is 7.81. The summed E-state index contributed by atoms with van der Waals surface area (Å²) in [7, 11) is 0. The number of halogens is 3. The molecule has 1 aromatic heterocycles. The normalized spacial score (nSPS) is 16.4. The van der Waals surface area contributed by atoms with Gasteiger partial charge < -0.3 is 9.64 Å². The SMILES string of the molecule is Cc1nccc(C(=O)N2CCN(CCCOCC(F)(F)F)CC2)n1. The molecule has 2 heterocycles. The second-order valence-corrected chi connectivity index (χ2v) is 5.64. The van der Waals surface area contributed by atoms with Crippen LogP contribution in [0.1, 0.15) is 22.7 Å². The summed E-state index contributed by atoms with van der Waals surface area (Å²) in [6.07, 6.45) is -2.17. The molecule has 0 atom stereocenters. The fraction of sp³-hybridized carbons (Fsp3) is 0.667. The average molecular weight is 346 g/mol. The lowest BCUT2D eigenvalue weighted by Gasteiger charge is -2.34. The number of hydrogen-bond acceptors (Lipinski definition) is 5. The Morgan fingerprint density at radius 1 is 1.29 bits per heavy atom. The van der Waals surface area contributed by atoms with E-state index in [1.165, 1.54) is 0 Å². The number of rotatable bonds is 6. The molecule has 0 spiro atoms. The number of amides is 1. The lowest BCUT2D eigenvalue weighted by molar-refractivity contribution is -0.174. The number of aromatic nitrogens is 2. The topological polar surface area (TPSA) is 58.6 Å². The fourth-order valence-electron chi connectivity index (χ4n) is 2.49. The second kappa shape index (κ2) is 8.39. The molecule has 0 unspecified atom stereocenters. The van der Waals surface area contributed by atoms with Gasteiger partial charge >= 0.3 is 6.18 Å². The van der Waals surface area contributed by atoms with E-state index < -0.39 is 12.8 Å². The number of ether oxygens (including phenoxy) is 1. The highest BCUT2D eigenvalue weighted by molar-refractivity contribution is 5.92. The Hall–Kier alpha value is -1.74. The van der Waals surface area contributed by atoms with Crippen molar-refractivity contribution >= 4 is 5.91 Å². The summed E-state index contributed by atoms with van der Waals surface area (Å²) in [6.45, 7) is 3.80. The molecule has 6 nitrogen and oxygen atoms in total. The van der Waals surface area contributed by atoms with Gasteiger partial charge in [0.15, 0.2) is 0 Å². The molecule has 134 valence electrons. The summed E-state index contributed by atoms with van der Waals surface area (Å²) < 4.78 is 40.4. The molecular weight excluding hydrogens is 325 g/mol. The van der Waals surface area contributed by atoms with Gasteiger partial charge in [0, 0.05) is 45.5 Å². The maximum absolute atomic E-state index is 12.3. The number of aryl methyl sites for hydroxylation is 1. The molecule has 1 aliphatic heterocycles. The van der Waals surface area contributed by atoms with Crippen LogP contribution in [0.3, 0.4) is 0 Å². The Balaban J connectivity index is 1.67. The molecular formula is C15H21F3N4O2. The number of carbonyl (C=O) groups is 1. The summed E-state index contributed by atoms with van der Waals surface area (Å²) >= 11 is 0. The molecule has 0 aliphatic carbocycles. The number of piperazine rings is 1. The minimum absolute atomic E-state index is 0.0822. The largest absolute Gasteiger partial charge is 0.411 e. The highest BCUT2D eigenvalue weighted by Gasteiger charge is 2.27. The standard InChI is InChI=1S/C15H21F3N4O2/c1-12-19-4-3-13(20-12)14(23)22-8-6-21(7-9-22)5-2-10-24-11-15(16,17)18/h3-4H,2,5-11H2,1H3. The van der Waals surface area contributed by atoms with Crippen LogP contribution in [-0.2, 0) is 4.74 Å². The van der Waals surface area contributed by atoms with Crippen LogP contribution < -0.4 is 0 Å². The van der Waals surface area contributed by atoms with E-state index in [4.69, 9.17) is 0 Å². The lowest BCUT2D eigenvalue weighted by Crippen LogP contribution is -2.49. The fourth-order valence-corrected chi connectivity index (χ4v) is 2.49. The predicted molar refractivity (Wildman–Crippen MR) is 80.6 cm³/mol. The van der Waals surface area contributed by atoms with Crippen LogP contribution in [0.15, 0.2) is 12.3 Å². The smallest absolute Gasteiger partial charge is 0.372 e. The van der Waals surface area contributed by atoms with E-state index in [2.05, 4.69) is 19.6 Å². The van der Waals surface area contributed by atoms with Gasteiger partial charge in [-0.3, -0.25) is 9.69 Å². The number of alkyl halides is 3. The molecule has 1 fully saturated rings. The number of hydrogen-bond donors (Lipinski definition) is 0. The first-order valence-corrected chi connectivity index (χ1v) is 7.81. The van der Waals surface area contributed by atoms with Gasteiger partial charge in [0.1, 0.15) is 18.1 Å². The Morgan fingerprint density at radius 2 is 2.00 bits per heavy atom. The maximum Gasteiger partial charge on any atom is 0.411 e. The molecule has 1 aliphatic rings. The summed E-state index contributed by atoms with van der Waals surface area (Å²) in [5, 5.41) is 0. The average Bonchev–Trinajstić information content (AvgIpc) is 2.53. The molecule has 1 saturated heterocycles. The monoisotopic (exact) mass is 346 g/mol. The zero-order valence-corrected chi connectivity index (χ0v) is 13.6. The highest BCUT2D eigenvalue weighted by atomic mass is 19.4. The van der Waals surface area contributed by atoms with Crippen molar-refractivity contribution in [2.45, 2.75) is 19.5 Å². The van der Waals surface area contributed by atoms with E-state index in [1.54, 1.807) is 24.1 Å². The summed E-state index contributed by atoms with van der Waals surface area (Å²) in [5.41, 5.74) is 0.386. The third kappa shape index (κ3) is 6.04. The van der Waals surface area contributed by atoms with Gasteiger partial charge in [-0.2, -0.15) is 13.2 Å². The van der Waals surface area contributed by atoms with E-state index >= 15 is 0 Å². The van der Waals surface area contributed by atoms with Crippen LogP contribution in [0, 0.1) is 6.92 Å². The molecule has 0 saturated carbocycles. The zero-order valence-electron chi connectivity index (χ0n) is 13.6. The zero-order chi connectivity index (χ0) is 17.6. The molecule has 2 rings (SSSR count). The number of carbonyl (C=O) groups excluding carboxylic acids is 1. The highest BCUT2D eigenvalue weighted by Crippen LogP contribution is 2.14. The molecule has 0 N–H and O–H groups in total. The van der Waals surface area contributed by atoms with E-state index in [-0.39, 0.29) is 12.5 Å². The predicted octanol–water partition coefficient (Wildman–Crippen LogP) is 1.51. The van der Waals surface area contributed by atoms with Crippen LogP contribution in [0.2, 0.25) is 0 Å². The number of nitrogens with zero attached hydrogens (tertiary/aromatic N) is 4. The van der Waals surface area contributed by atoms with Gasteiger partial charge in [-0.15, -0.1) is 0 Å². The minimum atomic E-state index is -4.27. The first-order chi connectivity index (χ1) is 11.3. The van der Waals surface area contributed by atoms with Crippen molar-refractivity contribution in [1.82, 2.24) is 19.8 Å². The van der Waals surface area contributed by atoms with E-state index in [0.717, 1.165) is 0 Å². The minimum Gasteiger partial charge on any atom is -0.372 e. The van der Waals surface area contributed by atoms with Crippen molar-refractivity contribution in [3.05, 3.63) is 23.8 Å². The van der Waals surface area contributed by atoms with Gasteiger partial charge in [0.25, 0.3) is 5.91 Å². The Morgan fingerprint density at radius 3 is 2.62 bits per heavy atom. The van der Waals surface area contributed by atoms with E-state index in [9.17, 15) is 18.0 Å². The summed E-state index contributed by atoms with van der Waals surface area (Å²) in [4.78, 5) is 24.3. The third-order valence-electron chi connectivity index (χ3n) is 3.68. The molecule has 0 aromatic carbocycles. The van der Waals surface area contributed by atoms with Gasteiger partial charge in [-0.25, -0.2) is 9.97 Å². The first kappa shape index (κ1) is 18.6. The lowest BCUT2D eigenvalue weighted by atomic mass is 10.2. The van der Waals surface area contributed by atoms with Gasteiger partial charge in [-0.05, 0) is 19.4 Å². The van der Waals surface area contributed by atoms with Crippen LogP contribution in [-0.4, -0.2) is 77.8 Å². The van der Waals surface area contributed by atoms with Crippen LogP contribution in [0.4, 0.5) is 13.2 Å². The van der Waals surface area contributed by atoms with Crippen molar-refractivity contribution in [2.24, 2.45) is 0 Å². The van der Waals surface area contributed by atoms with Crippen molar-refractivity contribution < 1.29 is 22.7 Å². The molecule has 1 amide bonds. The summed E-state index contributed by atoms with van der Waals surface area (Å²) in [6, 6.07) is 1.60.